The highest BCUT2D eigenvalue weighted by atomic mass is 16.4. The summed E-state index contributed by atoms with van der Waals surface area (Å²) in [4.78, 5) is 67.6. The normalized spacial score (nSPS) is 15.1. The van der Waals surface area contributed by atoms with Crippen LogP contribution in [0.25, 0.3) is 0 Å². The highest BCUT2D eigenvalue weighted by Gasteiger charge is 2.32. The monoisotopic (exact) mass is 512 g/mol. The van der Waals surface area contributed by atoms with Crippen molar-refractivity contribution >= 4 is 29.6 Å². The quantitative estimate of drug-likeness (QED) is 0.0933. The second kappa shape index (κ2) is 15.4. The van der Waals surface area contributed by atoms with Crippen LogP contribution in [-0.2, 0) is 30.4 Å². The van der Waals surface area contributed by atoms with Crippen molar-refractivity contribution in [2.45, 2.75) is 75.7 Å². The van der Waals surface area contributed by atoms with E-state index < -0.39 is 59.9 Å². The number of carboxylic acid groups (broad SMARTS) is 1. The number of aromatic nitrogens is 2. The topological polar surface area (TPSA) is 269 Å². The highest BCUT2D eigenvalue weighted by Crippen LogP contribution is 2.06. The van der Waals surface area contributed by atoms with Gasteiger partial charge in [-0.1, -0.05) is 0 Å². The van der Waals surface area contributed by atoms with Crippen LogP contribution >= 0.6 is 0 Å². The molecule has 0 bridgehead atoms. The Labute approximate surface area is 207 Å². The Bertz CT molecular complexity index is 878. The van der Waals surface area contributed by atoms with Crippen LogP contribution in [0.2, 0.25) is 0 Å². The molecule has 1 aromatic rings. The molecule has 1 heterocycles. The van der Waals surface area contributed by atoms with Gasteiger partial charge in [0.1, 0.15) is 18.1 Å². The molecule has 202 valence electrons. The van der Waals surface area contributed by atoms with Crippen molar-refractivity contribution in [3.8, 4) is 0 Å². The number of carbonyl (C=O) groups is 5. The van der Waals surface area contributed by atoms with Gasteiger partial charge in [0.25, 0.3) is 0 Å². The fraction of sp³-hybridized carbons (Fsp3) is 0.619. The first-order valence-electron chi connectivity index (χ1n) is 11.5. The number of unbranched alkanes of at least 4 members (excludes halogenated alkanes) is 1. The van der Waals surface area contributed by atoms with Crippen molar-refractivity contribution in [1.82, 2.24) is 25.9 Å². The van der Waals surface area contributed by atoms with E-state index in [1.54, 1.807) is 0 Å². The number of amides is 4. The lowest BCUT2D eigenvalue weighted by molar-refractivity contribution is -0.142. The van der Waals surface area contributed by atoms with Crippen LogP contribution in [-0.4, -0.2) is 86.6 Å². The van der Waals surface area contributed by atoms with Crippen LogP contribution in [0.1, 0.15) is 44.7 Å². The molecule has 36 heavy (non-hydrogen) atoms. The maximum absolute atomic E-state index is 12.9. The molecule has 0 spiro atoms. The van der Waals surface area contributed by atoms with Crippen LogP contribution in [0.4, 0.5) is 0 Å². The zero-order chi connectivity index (χ0) is 27.3. The number of hydrogen-bond donors (Lipinski definition) is 9. The maximum Gasteiger partial charge on any atom is 0.326 e. The Hall–Kier alpha value is -3.56. The van der Waals surface area contributed by atoms with Gasteiger partial charge in [-0.2, -0.15) is 0 Å². The van der Waals surface area contributed by atoms with E-state index in [1.807, 2.05) is 0 Å². The van der Waals surface area contributed by atoms with Crippen LogP contribution in [0, 0.1) is 0 Å². The highest BCUT2D eigenvalue weighted by molar-refractivity contribution is 5.94. The van der Waals surface area contributed by atoms with Gasteiger partial charge >= 0.3 is 5.97 Å². The number of aliphatic hydroxyl groups is 1. The number of aliphatic hydroxyl groups excluding tert-OH is 1. The zero-order valence-electron chi connectivity index (χ0n) is 20.1. The minimum atomic E-state index is -1.49. The molecule has 5 atom stereocenters. The fourth-order valence-corrected chi connectivity index (χ4v) is 3.23. The maximum atomic E-state index is 12.9. The zero-order valence-corrected chi connectivity index (χ0v) is 20.1. The smallest absolute Gasteiger partial charge is 0.326 e. The molecule has 1 rings (SSSR count). The first-order chi connectivity index (χ1) is 17.0. The number of H-pyrrole nitrogens is 1. The molecule has 4 amide bonds. The van der Waals surface area contributed by atoms with Gasteiger partial charge in [-0.05, 0) is 39.2 Å². The Balaban J connectivity index is 2.91. The minimum absolute atomic E-state index is 0.0877. The summed E-state index contributed by atoms with van der Waals surface area (Å²) in [5, 5.41) is 26.5. The number of rotatable bonds is 17. The van der Waals surface area contributed by atoms with Gasteiger partial charge in [-0.3, -0.25) is 19.2 Å². The Morgan fingerprint density at radius 3 is 2.22 bits per heavy atom. The summed E-state index contributed by atoms with van der Waals surface area (Å²) in [6, 6.07) is -5.17. The molecule has 0 aliphatic carbocycles. The lowest BCUT2D eigenvalue weighted by Crippen LogP contribution is -2.60. The van der Waals surface area contributed by atoms with Crippen molar-refractivity contribution in [3.63, 3.8) is 0 Å². The van der Waals surface area contributed by atoms with E-state index in [9.17, 15) is 34.2 Å². The minimum Gasteiger partial charge on any atom is -0.480 e. The summed E-state index contributed by atoms with van der Waals surface area (Å²) < 4.78 is 0. The van der Waals surface area contributed by atoms with Gasteiger partial charge in [0.05, 0.1) is 18.5 Å². The predicted molar refractivity (Wildman–Crippen MR) is 127 cm³/mol. The van der Waals surface area contributed by atoms with Gasteiger partial charge < -0.3 is 48.3 Å². The molecule has 15 nitrogen and oxygen atoms in total. The summed E-state index contributed by atoms with van der Waals surface area (Å²) in [5.74, 6) is -4.57. The first-order valence-corrected chi connectivity index (χ1v) is 11.5. The number of nitrogens with two attached hydrogens (primary N) is 3. The molecule has 12 N–H and O–H groups in total. The largest absolute Gasteiger partial charge is 0.480 e. The lowest BCUT2D eigenvalue weighted by atomic mass is 10.1. The summed E-state index contributed by atoms with van der Waals surface area (Å²) in [6.07, 6.45) is 2.19. The van der Waals surface area contributed by atoms with Crippen LogP contribution in [0.15, 0.2) is 12.5 Å². The average Bonchev–Trinajstić information content (AvgIpc) is 3.31. The van der Waals surface area contributed by atoms with Crippen molar-refractivity contribution in [2.75, 3.05) is 6.54 Å². The van der Waals surface area contributed by atoms with E-state index in [4.69, 9.17) is 17.2 Å². The van der Waals surface area contributed by atoms with E-state index in [0.717, 1.165) is 0 Å². The number of nitrogens with zero attached hydrogens (tertiary/aromatic N) is 1. The predicted octanol–water partition coefficient (Wildman–Crippen LogP) is -3.41. The third-order valence-corrected chi connectivity index (χ3v) is 5.27. The molecule has 0 saturated heterocycles. The third-order valence-electron chi connectivity index (χ3n) is 5.27. The summed E-state index contributed by atoms with van der Waals surface area (Å²) >= 11 is 0. The van der Waals surface area contributed by atoms with Crippen molar-refractivity contribution in [3.05, 3.63) is 18.2 Å². The van der Waals surface area contributed by atoms with E-state index in [2.05, 4.69) is 25.9 Å². The number of primary amides is 1. The van der Waals surface area contributed by atoms with Crippen LogP contribution in [0.5, 0.6) is 0 Å². The number of aromatic amines is 1. The second-order valence-corrected chi connectivity index (χ2v) is 8.36. The second-order valence-electron chi connectivity index (χ2n) is 8.36. The number of carboxylic acids is 1. The molecule has 5 unspecified atom stereocenters. The van der Waals surface area contributed by atoms with Gasteiger partial charge in [0.15, 0.2) is 0 Å². The van der Waals surface area contributed by atoms with Gasteiger partial charge in [0, 0.05) is 24.7 Å². The Kier molecular flexibility index (Phi) is 13.1. The fourth-order valence-electron chi connectivity index (χ4n) is 3.23. The molecule has 0 saturated carbocycles. The molecule has 0 aliphatic rings. The molecule has 15 heteroatoms. The van der Waals surface area contributed by atoms with Crippen molar-refractivity contribution in [2.24, 2.45) is 17.2 Å². The molecule has 0 aliphatic heterocycles. The van der Waals surface area contributed by atoms with Gasteiger partial charge in [0.2, 0.25) is 23.6 Å². The summed E-state index contributed by atoms with van der Waals surface area (Å²) in [6.45, 7) is 1.61. The van der Waals surface area contributed by atoms with E-state index in [0.29, 0.717) is 25.1 Å². The van der Waals surface area contributed by atoms with E-state index >= 15 is 0 Å². The number of carbonyl (C=O) groups excluding carboxylic acids is 4. The average molecular weight is 513 g/mol. The molecule has 1 aromatic heterocycles. The summed E-state index contributed by atoms with van der Waals surface area (Å²) in [7, 11) is 0. The molecule has 0 aromatic carbocycles. The Morgan fingerprint density at radius 2 is 1.69 bits per heavy atom. The van der Waals surface area contributed by atoms with Crippen LogP contribution in [0.3, 0.4) is 0 Å². The molecule has 0 fully saturated rings. The van der Waals surface area contributed by atoms with Crippen LogP contribution < -0.4 is 33.2 Å². The lowest BCUT2D eigenvalue weighted by Gasteiger charge is -2.26. The molecular weight excluding hydrogens is 476 g/mol. The van der Waals surface area contributed by atoms with E-state index in [1.165, 1.54) is 19.4 Å². The molecule has 0 radical (unpaired) electrons. The van der Waals surface area contributed by atoms with Gasteiger partial charge in [-0.15, -0.1) is 0 Å². The first kappa shape index (κ1) is 30.5. The van der Waals surface area contributed by atoms with Crippen molar-refractivity contribution in [1.29, 1.82) is 0 Å². The van der Waals surface area contributed by atoms with Crippen molar-refractivity contribution < 1.29 is 34.2 Å². The van der Waals surface area contributed by atoms with E-state index in [-0.39, 0.29) is 25.7 Å². The standard InChI is InChI=1S/C21H36N8O7/c1-11(30)17(29-18(32)13(23)8-12-9-25-10-26-12)20(34)27-14(5-6-16(24)31)19(33)28-15(21(35)36)4-2-3-7-22/h9-11,13-15,17,30H,2-8,22-23H2,1H3,(H2,24,31)(H,25,26)(H,27,34)(H,28,33)(H,29,32)(H,35,36). The number of aliphatic carboxylic acids is 1. The molecular formula is C21H36N8O7. The van der Waals surface area contributed by atoms with Gasteiger partial charge in [-0.25, -0.2) is 9.78 Å². The number of nitrogens with one attached hydrogen (secondary N) is 4. The SMILES string of the molecule is CC(O)C(NC(=O)C(N)Cc1cnc[nH]1)C(=O)NC(CCC(N)=O)C(=O)NC(CCCCN)C(=O)O. The number of hydrogen-bond acceptors (Lipinski definition) is 9. The summed E-state index contributed by atoms with van der Waals surface area (Å²) in [5.41, 5.74) is 17.0. The Morgan fingerprint density at radius 1 is 1.03 bits per heavy atom. The third kappa shape index (κ3) is 10.8. The number of imidazole rings is 1.